The summed E-state index contributed by atoms with van der Waals surface area (Å²) in [5.41, 5.74) is 0. The first-order valence-corrected chi connectivity index (χ1v) is 5.83. The minimum absolute atomic E-state index is 0.106. The molecule has 0 saturated heterocycles. The number of carboxylic acids is 1. The van der Waals surface area contributed by atoms with E-state index in [1.807, 2.05) is 0 Å². The Morgan fingerprint density at radius 3 is 2.95 bits per heavy atom. The molecule has 9 heteroatoms. The standard InChI is InChI=1S/C11H13N5O4/c1-15(5-4-10(18)19)9(17)7-16-13-11(12-14-16)8-3-2-6-20-8/h2-3,6H,4-5,7H2,1H3,(H,18,19). The zero-order chi connectivity index (χ0) is 14.5. The first-order chi connectivity index (χ1) is 9.56. The van der Waals surface area contributed by atoms with E-state index in [0.29, 0.717) is 5.76 Å². The van der Waals surface area contributed by atoms with Crippen LogP contribution in [0.4, 0.5) is 0 Å². The number of amides is 1. The summed E-state index contributed by atoms with van der Waals surface area (Å²) in [6.45, 7) is 0.0255. The predicted molar refractivity (Wildman–Crippen MR) is 65.4 cm³/mol. The maximum atomic E-state index is 11.8. The predicted octanol–water partition coefficient (Wildman–Crippen LogP) is -0.134. The number of furan rings is 1. The van der Waals surface area contributed by atoms with Crippen molar-refractivity contribution in [2.75, 3.05) is 13.6 Å². The number of hydrogen-bond donors (Lipinski definition) is 1. The third kappa shape index (κ3) is 3.40. The summed E-state index contributed by atoms with van der Waals surface area (Å²) in [5, 5.41) is 20.1. The van der Waals surface area contributed by atoms with Gasteiger partial charge in [-0.25, -0.2) is 0 Å². The molecule has 0 aromatic carbocycles. The summed E-state index contributed by atoms with van der Waals surface area (Å²) >= 11 is 0. The number of carbonyl (C=O) groups is 2. The van der Waals surface area contributed by atoms with Crippen LogP contribution in [-0.4, -0.2) is 55.7 Å². The van der Waals surface area contributed by atoms with Gasteiger partial charge in [-0.2, -0.15) is 4.80 Å². The van der Waals surface area contributed by atoms with Crippen molar-refractivity contribution in [2.45, 2.75) is 13.0 Å². The van der Waals surface area contributed by atoms with Crippen molar-refractivity contribution < 1.29 is 19.1 Å². The van der Waals surface area contributed by atoms with Gasteiger partial charge < -0.3 is 14.4 Å². The van der Waals surface area contributed by atoms with Crippen molar-refractivity contribution in [2.24, 2.45) is 0 Å². The van der Waals surface area contributed by atoms with E-state index in [1.165, 1.54) is 18.2 Å². The van der Waals surface area contributed by atoms with Gasteiger partial charge in [0.2, 0.25) is 11.7 Å². The fourth-order valence-corrected chi connectivity index (χ4v) is 1.44. The molecule has 1 amide bonds. The topological polar surface area (TPSA) is 114 Å². The quantitative estimate of drug-likeness (QED) is 0.782. The second-order valence-corrected chi connectivity index (χ2v) is 4.08. The van der Waals surface area contributed by atoms with Gasteiger partial charge in [0.25, 0.3) is 0 Å². The molecule has 20 heavy (non-hydrogen) atoms. The van der Waals surface area contributed by atoms with Crippen LogP contribution in [0.1, 0.15) is 6.42 Å². The Bertz CT molecular complexity index is 592. The highest BCUT2D eigenvalue weighted by Crippen LogP contribution is 2.12. The SMILES string of the molecule is CN(CCC(=O)O)C(=O)Cn1nnc(-c2ccco2)n1. The van der Waals surface area contributed by atoms with Crippen LogP contribution in [0.2, 0.25) is 0 Å². The van der Waals surface area contributed by atoms with Gasteiger partial charge in [0, 0.05) is 13.6 Å². The van der Waals surface area contributed by atoms with Gasteiger partial charge in [-0.05, 0) is 17.3 Å². The number of carboxylic acid groups (broad SMARTS) is 1. The van der Waals surface area contributed by atoms with E-state index in [0.717, 1.165) is 4.80 Å². The Morgan fingerprint density at radius 2 is 2.30 bits per heavy atom. The van der Waals surface area contributed by atoms with Crippen molar-refractivity contribution in [1.29, 1.82) is 0 Å². The molecule has 2 heterocycles. The number of carbonyl (C=O) groups excluding carboxylic acids is 1. The van der Waals surface area contributed by atoms with Gasteiger partial charge >= 0.3 is 5.97 Å². The second-order valence-electron chi connectivity index (χ2n) is 4.08. The number of nitrogens with zero attached hydrogens (tertiary/aromatic N) is 5. The summed E-state index contributed by atoms with van der Waals surface area (Å²) in [6, 6.07) is 3.38. The van der Waals surface area contributed by atoms with E-state index in [2.05, 4.69) is 15.4 Å². The van der Waals surface area contributed by atoms with Gasteiger partial charge in [0.1, 0.15) is 6.54 Å². The number of likely N-dealkylation sites (N-methyl/N-ethyl adjacent to an activating group) is 1. The molecule has 106 valence electrons. The molecule has 9 nitrogen and oxygen atoms in total. The lowest BCUT2D eigenvalue weighted by molar-refractivity contribution is -0.138. The summed E-state index contributed by atoms with van der Waals surface area (Å²) in [6.07, 6.45) is 1.38. The summed E-state index contributed by atoms with van der Waals surface area (Å²) in [5.74, 6) is -0.503. The molecular formula is C11H13N5O4. The number of tetrazole rings is 1. The average molecular weight is 279 g/mol. The Kier molecular flexibility index (Phi) is 4.08. The molecule has 2 rings (SSSR count). The van der Waals surface area contributed by atoms with Crippen LogP contribution in [-0.2, 0) is 16.1 Å². The first-order valence-electron chi connectivity index (χ1n) is 5.83. The fourth-order valence-electron chi connectivity index (χ4n) is 1.44. The molecule has 0 unspecified atom stereocenters. The Labute approximate surface area is 113 Å². The number of rotatable bonds is 6. The van der Waals surface area contributed by atoms with Crippen LogP contribution < -0.4 is 0 Å². The van der Waals surface area contributed by atoms with Crippen LogP contribution in [0.15, 0.2) is 22.8 Å². The highest BCUT2D eigenvalue weighted by Gasteiger charge is 2.14. The van der Waals surface area contributed by atoms with Gasteiger partial charge in [0.05, 0.1) is 12.7 Å². The Morgan fingerprint density at radius 1 is 1.50 bits per heavy atom. The summed E-state index contributed by atoms with van der Waals surface area (Å²) in [7, 11) is 1.52. The lowest BCUT2D eigenvalue weighted by Gasteiger charge is -2.14. The molecule has 0 radical (unpaired) electrons. The molecule has 1 N–H and O–H groups in total. The smallest absolute Gasteiger partial charge is 0.305 e. The van der Waals surface area contributed by atoms with Gasteiger partial charge in [-0.1, -0.05) is 0 Å². The van der Waals surface area contributed by atoms with E-state index >= 15 is 0 Å². The molecule has 0 aliphatic carbocycles. The Hall–Kier alpha value is -2.71. The second kappa shape index (κ2) is 5.95. The maximum Gasteiger partial charge on any atom is 0.305 e. The molecule has 0 fully saturated rings. The van der Waals surface area contributed by atoms with Crippen LogP contribution in [0, 0.1) is 0 Å². The van der Waals surface area contributed by atoms with Crippen molar-refractivity contribution in [1.82, 2.24) is 25.1 Å². The lowest BCUT2D eigenvalue weighted by atomic mass is 10.4. The van der Waals surface area contributed by atoms with Gasteiger partial charge in [-0.15, -0.1) is 10.2 Å². The summed E-state index contributed by atoms with van der Waals surface area (Å²) in [4.78, 5) is 24.7. The fraction of sp³-hybridized carbons (Fsp3) is 0.364. The van der Waals surface area contributed by atoms with Crippen molar-refractivity contribution in [3.63, 3.8) is 0 Å². The van der Waals surface area contributed by atoms with Crippen molar-refractivity contribution >= 4 is 11.9 Å². The minimum atomic E-state index is -0.955. The molecule has 0 aliphatic rings. The number of hydrogen-bond acceptors (Lipinski definition) is 6. The lowest BCUT2D eigenvalue weighted by Crippen LogP contribution is -2.32. The molecule has 2 aromatic heterocycles. The summed E-state index contributed by atoms with van der Waals surface area (Å²) < 4.78 is 5.11. The first kappa shape index (κ1) is 13.7. The van der Waals surface area contributed by atoms with Crippen molar-refractivity contribution in [3.8, 4) is 11.6 Å². The third-order valence-electron chi connectivity index (χ3n) is 2.56. The van der Waals surface area contributed by atoms with Crippen LogP contribution >= 0.6 is 0 Å². The maximum absolute atomic E-state index is 11.8. The van der Waals surface area contributed by atoms with E-state index < -0.39 is 5.97 Å². The van der Waals surface area contributed by atoms with Crippen LogP contribution in [0.25, 0.3) is 11.6 Å². The van der Waals surface area contributed by atoms with E-state index in [4.69, 9.17) is 9.52 Å². The Balaban J connectivity index is 1.93. The minimum Gasteiger partial charge on any atom is -0.481 e. The molecule has 0 saturated carbocycles. The zero-order valence-electron chi connectivity index (χ0n) is 10.8. The molecular weight excluding hydrogens is 266 g/mol. The van der Waals surface area contributed by atoms with E-state index in [-0.39, 0.29) is 31.2 Å². The van der Waals surface area contributed by atoms with E-state index in [1.54, 1.807) is 12.1 Å². The molecule has 0 aliphatic heterocycles. The highest BCUT2D eigenvalue weighted by molar-refractivity contribution is 5.76. The van der Waals surface area contributed by atoms with Gasteiger partial charge in [0.15, 0.2) is 5.76 Å². The van der Waals surface area contributed by atoms with E-state index in [9.17, 15) is 9.59 Å². The van der Waals surface area contributed by atoms with Crippen molar-refractivity contribution in [3.05, 3.63) is 18.4 Å². The molecule has 2 aromatic rings. The molecule has 0 bridgehead atoms. The highest BCUT2D eigenvalue weighted by atomic mass is 16.4. The molecule has 0 atom stereocenters. The van der Waals surface area contributed by atoms with Crippen LogP contribution in [0.3, 0.4) is 0 Å². The number of aliphatic carboxylic acids is 1. The molecule has 0 spiro atoms. The monoisotopic (exact) mass is 279 g/mol. The normalized spacial score (nSPS) is 10.4. The van der Waals surface area contributed by atoms with Crippen LogP contribution in [0.5, 0.6) is 0 Å². The zero-order valence-corrected chi connectivity index (χ0v) is 10.8. The van der Waals surface area contributed by atoms with Gasteiger partial charge in [-0.3, -0.25) is 9.59 Å². The number of aromatic nitrogens is 4. The third-order valence-corrected chi connectivity index (χ3v) is 2.56. The largest absolute Gasteiger partial charge is 0.481 e. The average Bonchev–Trinajstić information content (AvgIpc) is 3.05.